The number of benzene rings is 1. The van der Waals surface area contributed by atoms with E-state index >= 15 is 0 Å². The fourth-order valence-corrected chi connectivity index (χ4v) is 1.91. The van der Waals surface area contributed by atoms with Gasteiger partial charge in [-0.3, -0.25) is 10.1 Å². The molecular formula is C12H11F2IN2O2. The van der Waals surface area contributed by atoms with Gasteiger partial charge in [-0.25, -0.2) is 13.6 Å². The van der Waals surface area contributed by atoms with Gasteiger partial charge in [0.25, 0.3) is 5.91 Å². The maximum Gasteiger partial charge on any atom is 0.321 e. The highest BCUT2D eigenvalue weighted by Gasteiger charge is 2.25. The molecule has 3 amide bonds. The minimum absolute atomic E-state index is 0.0494. The minimum atomic E-state index is -0.950. The van der Waals surface area contributed by atoms with Gasteiger partial charge in [-0.2, -0.15) is 0 Å². The van der Waals surface area contributed by atoms with Crippen molar-refractivity contribution in [2.45, 2.75) is 25.8 Å². The Kier molecular flexibility index (Phi) is 4.02. The number of halogens is 3. The van der Waals surface area contributed by atoms with Gasteiger partial charge in [0.15, 0.2) is 0 Å². The van der Waals surface area contributed by atoms with Crippen molar-refractivity contribution in [1.82, 2.24) is 10.6 Å². The Hall–Kier alpha value is -1.25. The Labute approximate surface area is 122 Å². The Morgan fingerprint density at radius 2 is 2.00 bits per heavy atom. The Morgan fingerprint density at radius 1 is 1.37 bits per heavy atom. The summed E-state index contributed by atoms with van der Waals surface area (Å²) < 4.78 is 27.5. The Balaban J connectivity index is 2.16. The lowest BCUT2D eigenvalue weighted by atomic mass is 10.1. The summed E-state index contributed by atoms with van der Waals surface area (Å²) in [6.07, 6.45) is 1.74. The monoisotopic (exact) mass is 380 g/mol. The van der Waals surface area contributed by atoms with Gasteiger partial charge in [0.1, 0.15) is 11.6 Å². The number of nitrogens with one attached hydrogen (secondary N) is 2. The van der Waals surface area contributed by atoms with Crippen LogP contribution in [-0.4, -0.2) is 18.0 Å². The molecule has 0 bridgehead atoms. The van der Waals surface area contributed by atoms with Crippen molar-refractivity contribution in [1.29, 1.82) is 0 Å². The molecule has 1 saturated carbocycles. The zero-order valence-corrected chi connectivity index (χ0v) is 12.2. The van der Waals surface area contributed by atoms with E-state index in [2.05, 4.69) is 5.32 Å². The third-order valence-electron chi connectivity index (χ3n) is 2.76. The number of hydrogen-bond donors (Lipinski definition) is 2. The normalized spacial score (nSPS) is 14.1. The predicted octanol–water partition coefficient (Wildman–Crippen LogP) is 2.48. The summed E-state index contributed by atoms with van der Waals surface area (Å²) in [4.78, 5) is 23.1. The fourth-order valence-electron chi connectivity index (χ4n) is 1.52. The van der Waals surface area contributed by atoms with Crippen molar-refractivity contribution in [3.63, 3.8) is 0 Å². The van der Waals surface area contributed by atoms with Crippen molar-refractivity contribution in [3.8, 4) is 0 Å². The fraction of sp³-hybridized carbons (Fsp3) is 0.333. The molecule has 1 fully saturated rings. The van der Waals surface area contributed by atoms with Crippen molar-refractivity contribution in [2.24, 2.45) is 0 Å². The lowest BCUT2D eigenvalue weighted by Crippen LogP contribution is -2.40. The van der Waals surface area contributed by atoms with E-state index in [0.29, 0.717) is 0 Å². The van der Waals surface area contributed by atoms with Crippen molar-refractivity contribution < 1.29 is 18.4 Å². The molecule has 1 aliphatic rings. The Morgan fingerprint density at radius 3 is 2.58 bits per heavy atom. The van der Waals surface area contributed by atoms with Crippen LogP contribution in [0.1, 0.15) is 28.8 Å². The number of carbonyl (C=O) groups is 2. The van der Waals surface area contributed by atoms with Gasteiger partial charge in [-0.1, -0.05) is 0 Å². The van der Waals surface area contributed by atoms with E-state index in [0.717, 1.165) is 18.9 Å². The second-order valence-corrected chi connectivity index (χ2v) is 5.44. The highest BCUT2D eigenvalue weighted by atomic mass is 127. The molecule has 0 heterocycles. The highest BCUT2D eigenvalue weighted by Crippen LogP contribution is 2.22. The van der Waals surface area contributed by atoms with E-state index in [4.69, 9.17) is 0 Å². The molecule has 0 radical (unpaired) electrons. The first-order valence-corrected chi connectivity index (χ1v) is 6.74. The summed E-state index contributed by atoms with van der Waals surface area (Å²) in [5, 5.41) is 4.51. The molecule has 4 nitrogen and oxygen atoms in total. The molecule has 0 atom stereocenters. The smallest absolute Gasteiger partial charge is 0.321 e. The first-order chi connectivity index (χ1) is 8.90. The SMILES string of the molecule is Cc1c(F)c(C(=O)NC(=O)NC2CC2)cc(F)c1I. The number of carbonyl (C=O) groups excluding carboxylic acids is 2. The van der Waals surface area contributed by atoms with Crippen LogP contribution in [-0.2, 0) is 0 Å². The highest BCUT2D eigenvalue weighted by molar-refractivity contribution is 14.1. The van der Waals surface area contributed by atoms with E-state index in [9.17, 15) is 18.4 Å². The van der Waals surface area contributed by atoms with Crippen LogP contribution >= 0.6 is 22.6 Å². The molecule has 7 heteroatoms. The number of rotatable bonds is 2. The maximum atomic E-state index is 13.9. The summed E-state index contributed by atoms with van der Waals surface area (Å²) in [5.74, 6) is -2.45. The lowest BCUT2D eigenvalue weighted by Gasteiger charge is -2.09. The summed E-state index contributed by atoms with van der Waals surface area (Å²) in [7, 11) is 0. The van der Waals surface area contributed by atoms with Gasteiger partial charge in [-0.05, 0) is 48.4 Å². The zero-order valence-electron chi connectivity index (χ0n) is 10.0. The second kappa shape index (κ2) is 5.40. The minimum Gasteiger partial charge on any atom is -0.335 e. The van der Waals surface area contributed by atoms with Crippen LogP contribution < -0.4 is 10.6 Å². The molecule has 0 saturated heterocycles. The number of hydrogen-bond acceptors (Lipinski definition) is 2. The molecular weight excluding hydrogens is 369 g/mol. The van der Waals surface area contributed by atoms with E-state index in [1.807, 2.05) is 5.32 Å². The van der Waals surface area contributed by atoms with Gasteiger partial charge in [0.2, 0.25) is 0 Å². The number of urea groups is 1. The quantitative estimate of drug-likeness (QED) is 0.612. The maximum absolute atomic E-state index is 13.9. The lowest BCUT2D eigenvalue weighted by molar-refractivity contribution is 0.0959. The summed E-state index contributed by atoms with van der Waals surface area (Å²) in [5.41, 5.74) is -0.422. The van der Waals surface area contributed by atoms with Crippen LogP contribution in [0.4, 0.5) is 13.6 Å². The van der Waals surface area contributed by atoms with Crippen molar-refractivity contribution in [2.75, 3.05) is 0 Å². The van der Waals surface area contributed by atoms with Crippen molar-refractivity contribution in [3.05, 3.63) is 32.4 Å². The predicted molar refractivity (Wildman–Crippen MR) is 72.8 cm³/mol. The van der Waals surface area contributed by atoms with E-state index in [1.165, 1.54) is 6.92 Å². The van der Waals surface area contributed by atoms with Crippen LogP contribution in [0, 0.1) is 22.1 Å². The third-order valence-corrected chi connectivity index (χ3v) is 4.08. The number of amides is 3. The molecule has 19 heavy (non-hydrogen) atoms. The molecule has 0 unspecified atom stereocenters. The van der Waals surface area contributed by atoms with E-state index < -0.39 is 29.1 Å². The largest absolute Gasteiger partial charge is 0.335 e. The molecule has 1 aromatic rings. The molecule has 1 aliphatic carbocycles. The van der Waals surface area contributed by atoms with Crippen LogP contribution in [0.15, 0.2) is 6.07 Å². The van der Waals surface area contributed by atoms with Gasteiger partial charge < -0.3 is 5.32 Å². The molecule has 0 aliphatic heterocycles. The summed E-state index contributed by atoms with van der Waals surface area (Å²) >= 11 is 1.66. The molecule has 0 aromatic heterocycles. The zero-order chi connectivity index (χ0) is 14.2. The topological polar surface area (TPSA) is 58.2 Å². The summed E-state index contributed by atoms with van der Waals surface area (Å²) in [6.45, 7) is 1.38. The van der Waals surface area contributed by atoms with Crippen LogP contribution in [0.5, 0.6) is 0 Å². The van der Waals surface area contributed by atoms with Gasteiger partial charge in [0.05, 0.1) is 9.13 Å². The van der Waals surface area contributed by atoms with Crippen LogP contribution in [0.3, 0.4) is 0 Å². The van der Waals surface area contributed by atoms with Gasteiger partial charge in [-0.15, -0.1) is 0 Å². The first-order valence-electron chi connectivity index (χ1n) is 5.66. The van der Waals surface area contributed by atoms with Crippen molar-refractivity contribution >= 4 is 34.5 Å². The molecule has 102 valence electrons. The van der Waals surface area contributed by atoms with Gasteiger partial charge >= 0.3 is 6.03 Å². The average molecular weight is 380 g/mol. The first kappa shape index (κ1) is 14.2. The molecule has 2 rings (SSSR count). The molecule has 2 N–H and O–H groups in total. The average Bonchev–Trinajstić information content (AvgIpc) is 3.14. The van der Waals surface area contributed by atoms with E-state index in [1.54, 1.807) is 22.6 Å². The third kappa shape index (κ3) is 3.20. The second-order valence-electron chi connectivity index (χ2n) is 4.36. The van der Waals surface area contributed by atoms with Crippen LogP contribution in [0.25, 0.3) is 0 Å². The number of imide groups is 1. The molecule has 1 aromatic carbocycles. The van der Waals surface area contributed by atoms with Gasteiger partial charge in [0, 0.05) is 11.6 Å². The molecule has 0 spiro atoms. The van der Waals surface area contributed by atoms with E-state index in [-0.39, 0.29) is 15.2 Å². The Bertz CT molecular complexity index is 559. The standard InChI is InChI=1S/C12H11F2IN2O2/c1-5-9(14)7(4-8(13)10(5)15)11(18)17-12(19)16-6-2-3-6/h4,6H,2-3H2,1H3,(H2,16,17,18,19). The summed E-state index contributed by atoms with van der Waals surface area (Å²) in [6, 6.07) is 0.181. The van der Waals surface area contributed by atoms with Crippen LogP contribution in [0.2, 0.25) is 0 Å².